The van der Waals surface area contributed by atoms with Gasteiger partial charge >= 0.3 is 0 Å². The first-order valence-electron chi connectivity index (χ1n) is 9.61. The van der Waals surface area contributed by atoms with Gasteiger partial charge in [0.15, 0.2) is 11.5 Å². The summed E-state index contributed by atoms with van der Waals surface area (Å²) in [5, 5.41) is 4.65. The third-order valence-electron chi connectivity index (χ3n) is 5.04. The maximum absolute atomic E-state index is 12.8. The van der Waals surface area contributed by atoms with Crippen molar-refractivity contribution in [2.45, 2.75) is 12.8 Å². The number of piperidine rings is 1. The zero-order valence-electron chi connectivity index (χ0n) is 16.9. The molecular weight excluding hydrogens is 406 g/mol. The first-order chi connectivity index (χ1) is 14.5. The molecule has 0 spiro atoms. The van der Waals surface area contributed by atoms with E-state index in [0.29, 0.717) is 48.0 Å². The Bertz CT molecular complexity index is 922. The highest BCUT2D eigenvalue weighted by Crippen LogP contribution is 2.28. The first kappa shape index (κ1) is 21.6. The van der Waals surface area contributed by atoms with Crippen molar-refractivity contribution in [1.82, 2.24) is 10.3 Å². The number of rotatable bonds is 6. The number of hydrazone groups is 1. The van der Waals surface area contributed by atoms with E-state index >= 15 is 0 Å². The fraction of sp³-hybridized carbons (Fsp3) is 0.318. The van der Waals surface area contributed by atoms with Gasteiger partial charge < -0.3 is 14.4 Å². The molecule has 1 heterocycles. The van der Waals surface area contributed by atoms with Crippen LogP contribution in [0.4, 0.5) is 0 Å². The molecule has 1 aliphatic rings. The number of likely N-dealkylation sites (tertiary alicyclic amines) is 1. The highest BCUT2D eigenvalue weighted by atomic mass is 35.5. The zero-order chi connectivity index (χ0) is 21.5. The lowest BCUT2D eigenvalue weighted by molar-refractivity contribution is -0.126. The molecule has 0 atom stereocenters. The molecule has 0 aliphatic carbocycles. The number of nitrogens with one attached hydrogen (secondary N) is 1. The molecule has 1 N–H and O–H groups in total. The van der Waals surface area contributed by atoms with Crippen molar-refractivity contribution in [3.05, 3.63) is 58.6 Å². The lowest BCUT2D eigenvalue weighted by atomic mass is 9.95. The molecule has 0 bridgehead atoms. The van der Waals surface area contributed by atoms with Crippen LogP contribution in [0, 0.1) is 5.92 Å². The Labute approximate surface area is 180 Å². The third-order valence-corrected chi connectivity index (χ3v) is 5.29. The monoisotopic (exact) mass is 429 g/mol. The Morgan fingerprint density at radius 1 is 1.07 bits per heavy atom. The van der Waals surface area contributed by atoms with E-state index in [1.54, 1.807) is 48.6 Å². The minimum Gasteiger partial charge on any atom is -0.493 e. The number of carbonyl (C=O) groups is 2. The molecule has 8 heteroatoms. The number of hydrogen-bond donors (Lipinski definition) is 1. The Morgan fingerprint density at radius 3 is 2.37 bits per heavy atom. The summed E-state index contributed by atoms with van der Waals surface area (Å²) in [6, 6.07) is 12.3. The molecule has 1 aliphatic heterocycles. The van der Waals surface area contributed by atoms with Crippen molar-refractivity contribution in [1.29, 1.82) is 0 Å². The van der Waals surface area contributed by atoms with Crippen molar-refractivity contribution in [3.8, 4) is 11.5 Å². The van der Waals surface area contributed by atoms with Crippen molar-refractivity contribution in [2.75, 3.05) is 27.3 Å². The fourth-order valence-corrected chi connectivity index (χ4v) is 3.43. The lowest BCUT2D eigenvalue weighted by Crippen LogP contribution is -2.42. The molecule has 30 heavy (non-hydrogen) atoms. The second-order valence-electron chi connectivity index (χ2n) is 6.92. The van der Waals surface area contributed by atoms with Crippen molar-refractivity contribution in [2.24, 2.45) is 11.0 Å². The van der Waals surface area contributed by atoms with Crippen LogP contribution >= 0.6 is 11.6 Å². The van der Waals surface area contributed by atoms with Gasteiger partial charge in [-0.3, -0.25) is 9.59 Å². The van der Waals surface area contributed by atoms with Crippen LogP contribution in [0.5, 0.6) is 11.5 Å². The summed E-state index contributed by atoms with van der Waals surface area (Å²) in [4.78, 5) is 26.9. The van der Waals surface area contributed by atoms with Gasteiger partial charge in [-0.1, -0.05) is 23.7 Å². The minimum atomic E-state index is -0.179. The van der Waals surface area contributed by atoms with E-state index < -0.39 is 0 Å². The van der Waals surface area contributed by atoms with Gasteiger partial charge in [0.1, 0.15) is 0 Å². The quantitative estimate of drug-likeness (QED) is 0.564. The smallest absolute Gasteiger partial charge is 0.253 e. The number of methoxy groups -OCH3 is 2. The molecule has 0 aromatic heterocycles. The van der Waals surface area contributed by atoms with Crippen molar-refractivity contribution < 1.29 is 19.1 Å². The van der Waals surface area contributed by atoms with E-state index in [0.717, 1.165) is 5.56 Å². The zero-order valence-corrected chi connectivity index (χ0v) is 17.7. The van der Waals surface area contributed by atoms with Crippen LogP contribution < -0.4 is 14.9 Å². The molecule has 2 aromatic carbocycles. The molecular formula is C22H24ClN3O4. The summed E-state index contributed by atoms with van der Waals surface area (Å²) < 4.78 is 10.5. The highest BCUT2D eigenvalue weighted by molar-refractivity contribution is 6.30. The second-order valence-corrected chi connectivity index (χ2v) is 7.36. The standard InChI is InChI=1S/C22H24ClN3O4/c1-29-19-8-5-17(13-20(19)30-2)22(28)26-11-9-16(10-12-26)21(27)25-24-14-15-3-6-18(23)7-4-15/h3-8,13-14,16H,9-12H2,1-2H3,(H,25,27)/b24-14-. The number of nitrogens with zero attached hydrogens (tertiary/aromatic N) is 2. The van der Waals surface area contributed by atoms with Crippen LogP contribution in [0.2, 0.25) is 5.02 Å². The normalized spacial score (nSPS) is 14.6. The Kier molecular flexibility index (Phi) is 7.30. The van der Waals surface area contributed by atoms with Gasteiger partial charge in [0.2, 0.25) is 5.91 Å². The van der Waals surface area contributed by atoms with E-state index in [1.807, 2.05) is 12.1 Å². The van der Waals surface area contributed by atoms with Crippen LogP contribution in [0.15, 0.2) is 47.6 Å². The van der Waals surface area contributed by atoms with Gasteiger partial charge in [-0.15, -0.1) is 0 Å². The summed E-state index contributed by atoms with van der Waals surface area (Å²) in [5.41, 5.74) is 3.96. The number of amides is 2. The highest BCUT2D eigenvalue weighted by Gasteiger charge is 2.28. The van der Waals surface area contributed by atoms with Crippen molar-refractivity contribution in [3.63, 3.8) is 0 Å². The van der Waals surface area contributed by atoms with Crippen LogP contribution in [0.1, 0.15) is 28.8 Å². The average molecular weight is 430 g/mol. The molecule has 2 aromatic rings. The summed E-state index contributed by atoms with van der Waals surface area (Å²) in [7, 11) is 3.08. The fourth-order valence-electron chi connectivity index (χ4n) is 3.31. The molecule has 1 saturated heterocycles. The number of carbonyl (C=O) groups excluding carboxylic acids is 2. The molecule has 158 valence electrons. The van der Waals surface area contributed by atoms with E-state index in [-0.39, 0.29) is 17.7 Å². The van der Waals surface area contributed by atoms with Gasteiger partial charge in [0.25, 0.3) is 5.91 Å². The van der Waals surface area contributed by atoms with E-state index in [1.165, 1.54) is 7.11 Å². The molecule has 7 nitrogen and oxygen atoms in total. The van der Waals surface area contributed by atoms with Gasteiger partial charge in [-0.25, -0.2) is 5.43 Å². The molecule has 2 amide bonds. The van der Waals surface area contributed by atoms with Gasteiger partial charge in [0.05, 0.1) is 20.4 Å². The number of hydrogen-bond acceptors (Lipinski definition) is 5. The predicted molar refractivity (Wildman–Crippen MR) is 115 cm³/mol. The van der Waals surface area contributed by atoms with Gasteiger partial charge in [-0.05, 0) is 48.7 Å². The number of halogens is 1. The number of ether oxygens (including phenoxy) is 2. The molecule has 0 saturated carbocycles. The van der Waals surface area contributed by atoms with Crippen LogP contribution in [-0.2, 0) is 4.79 Å². The number of benzene rings is 2. The van der Waals surface area contributed by atoms with Gasteiger partial charge in [0, 0.05) is 29.6 Å². The van der Waals surface area contributed by atoms with E-state index in [4.69, 9.17) is 21.1 Å². The summed E-state index contributed by atoms with van der Waals surface area (Å²) in [6.07, 6.45) is 2.74. The summed E-state index contributed by atoms with van der Waals surface area (Å²) >= 11 is 5.85. The lowest BCUT2D eigenvalue weighted by Gasteiger charge is -2.31. The van der Waals surface area contributed by atoms with Crippen LogP contribution in [-0.4, -0.2) is 50.2 Å². The SMILES string of the molecule is COc1ccc(C(=O)N2CCC(C(=O)N/N=C\c3ccc(Cl)cc3)CC2)cc1OC. The minimum absolute atomic E-state index is 0.0874. The maximum atomic E-state index is 12.8. The van der Waals surface area contributed by atoms with Crippen molar-refractivity contribution >= 4 is 29.6 Å². The Morgan fingerprint density at radius 2 is 1.73 bits per heavy atom. The van der Waals surface area contributed by atoms with Crippen LogP contribution in [0.25, 0.3) is 0 Å². The molecule has 0 radical (unpaired) electrons. The second kappa shape index (κ2) is 10.1. The average Bonchev–Trinajstić information content (AvgIpc) is 2.79. The molecule has 3 rings (SSSR count). The largest absolute Gasteiger partial charge is 0.493 e. The molecule has 0 unspecified atom stereocenters. The summed E-state index contributed by atoms with van der Waals surface area (Å²) in [5.74, 6) is 0.676. The molecule has 1 fully saturated rings. The van der Waals surface area contributed by atoms with Gasteiger partial charge in [-0.2, -0.15) is 5.10 Å². The topological polar surface area (TPSA) is 80.2 Å². The Balaban J connectivity index is 1.52. The Hall–Kier alpha value is -3.06. The van der Waals surface area contributed by atoms with E-state index in [2.05, 4.69) is 10.5 Å². The summed E-state index contributed by atoms with van der Waals surface area (Å²) in [6.45, 7) is 1.01. The maximum Gasteiger partial charge on any atom is 0.253 e. The van der Waals surface area contributed by atoms with Crippen LogP contribution in [0.3, 0.4) is 0 Å². The predicted octanol–water partition coefficient (Wildman–Crippen LogP) is 3.36. The van der Waals surface area contributed by atoms with E-state index in [9.17, 15) is 9.59 Å². The first-order valence-corrected chi connectivity index (χ1v) is 9.99. The third kappa shape index (κ3) is 5.30.